The van der Waals surface area contributed by atoms with Gasteiger partial charge in [0, 0.05) is 3.92 Å². The first-order chi connectivity index (χ1) is 5.05. The predicted octanol–water partition coefficient (Wildman–Crippen LogP) is 3.14. The summed E-state index contributed by atoms with van der Waals surface area (Å²) >= 11 is 2.42. The normalized spacial score (nSPS) is 36.2. The van der Waals surface area contributed by atoms with E-state index in [2.05, 4.69) is 42.5 Å². The van der Waals surface area contributed by atoms with Gasteiger partial charge in [0.15, 0.2) is 0 Å². The van der Waals surface area contributed by atoms with E-state index in [1.165, 1.54) is 12.8 Å². The highest BCUT2D eigenvalue weighted by Gasteiger charge is 2.33. The summed E-state index contributed by atoms with van der Waals surface area (Å²) in [4.78, 5) is 0. The Bertz CT molecular complexity index is 180. The van der Waals surface area contributed by atoms with Gasteiger partial charge in [-0.25, -0.2) is 0 Å². The zero-order valence-electron chi connectivity index (χ0n) is 7.10. The van der Waals surface area contributed by atoms with Crippen LogP contribution in [0.25, 0.3) is 0 Å². The SMILES string of the molecule is CC1(C)CCC(C#N)C(I)C1. The van der Waals surface area contributed by atoms with Crippen LogP contribution in [-0.2, 0) is 0 Å². The molecule has 0 aliphatic heterocycles. The average molecular weight is 263 g/mol. The van der Waals surface area contributed by atoms with Crippen molar-refractivity contribution in [3.05, 3.63) is 0 Å². The third-order valence-corrected chi connectivity index (χ3v) is 3.79. The summed E-state index contributed by atoms with van der Waals surface area (Å²) in [5.74, 6) is 0.309. The van der Waals surface area contributed by atoms with Crippen LogP contribution in [0.5, 0.6) is 0 Å². The number of nitrogens with zero attached hydrogens (tertiary/aromatic N) is 1. The molecule has 62 valence electrons. The molecule has 0 radical (unpaired) electrons. The zero-order chi connectivity index (χ0) is 8.48. The van der Waals surface area contributed by atoms with Crippen LogP contribution in [0.15, 0.2) is 0 Å². The van der Waals surface area contributed by atoms with Crippen LogP contribution in [0.4, 0.5) is 0 Å². The molecule has 0 amide bonds. The fourth-order valence-corrected chi connectivity index (χ4v) is 3.36. The standard InChI is InChI=1S/C9H14IN/c1-9(2)4-3-7(6-11)8(10)5-9/h7-8H,3-5H2,1-2H3. The molecule has 1 saturated carbocycles. The third-order valence-electron chi connectivity index (χ3n) is 2.48. The highest BCUT2D eigenvalue weighted by atomic mass is 127. The zero-order valence-corrected chi connectivity index (χ0v) is 9.26. The van der Waals surface area contributed by atoms with Crippen molar-refractivity contribution in [1.29, 1.82) is 5.26 Å². The number of hydrogen-bond donors (Lipinski definition) is 0. The number of rotatable bonds is 0. The van der Waals surface area contributed by atoms with E-state index < -0.39 is 0 Å². The summed E-state index contributed by atoms with van der Waals surface area (Å²) < 4.78 is 0.571. The summed E-state index contributed by atoms with van der Waals surface area (Å²) in [6, 6.07) is 2.38. The van der Waals surface area contributed by atoms with Gasteiger partial charge >= 0.3 is 0 Å². The molecule has 0 spiro atoms. The first kappa shape index (κ1) is 9.31. The van der Waals surface area contributed by atoms with E-state index >= 15 is 0 Å². The molecule has 0 heterocycles. The topological polar surface area (TPSA) is 23.8 Å². The number of alkyl halides is 1. The second kappa shape index (κ2) is 3.30. The van der Waals surface area contributed by atoms with Gasteiger partial charge in [-0.2, -0.15) is 5.26 Å². The molecule has 1 nitrogen and oxygen atoms in total. The van der Waals surface area contributed by atoms with Gasteiger partial charge in [-0.3, -0.25) is 0 Å². The Morgan fingerprint density at radius 3 is 2.64 bits per heavy atom. The molecule has 2 heteroatoms. The molecule has 1 fully saturated rings. The molecular weight excluding hydrogens is 249 g/mol. The Balaban J connectivity index is 2.56. The second-order valence-corrected chi connectivity index (χ2v) is 5.76. The highest BCUT2D eigenvalue weighted by Crippen LogP contribution is 2.41. The third kappa shape index (κ3) is 2.33. The monoisotopic (exact) mass is 263 g/mol. The lowest BCUT2D eigenvalue weighted by Crippen LogP contribution is -2.29. The first-order valence-corrected chi connectivity index (χ1v) is 5.33. The average Bonchev–Trinajstić information content (AvgIpc) is 1.86. The van der Waals surface area contributed by atoms with Gasteiger partial charge in [0.05, 0.1) is 12.0 Å². The van der Waals surface area contributed by atoms with Gasteiger partial charge in [-0.15, -0.1) is 0 Å². The van der Waals surface area contributed by atoms with E-state index in [1.54, 1.807) is 0 Å². The van der Waals surface area contributed by atoms with Crippen molar-refractivity contribution in [3.8, 4) is 6.07 Å². The molecule has 0 bridgehead atoms. The van der Waals surface area contributed by atoms with E-state index in [1.807, 2.05) is 0 Å². The summed E-state index contributed by atoms with van der Waals surface area (Å²) in [6.07, 6.45) is 3.51. The van der Waals surface area contributed by atoms with Gasteiger partial charge in [-0.1, -0.05) is 36.4 Å². The quantitative estimate of drug-likeness (QED) is 0.486. The molecule has 0 aromatic rings. The molecule has 2 unspecified atom stereocenters. The Labute approximate surface area is 82.3 Å². The van der Waals surface area contributed by atoms with Crippen molar-refractivity contribution in [2.24, 2.45) is 11.3 Å². The van der Waals surface area contributed by atoms with Gasteiger partial charge in [-0.05, 0) is 24.7 Å². The van der Waals surface area contributed by atoms with Gasteiger partial charge in [0.25, 0.3) is 0 Å². The molecule has 1 aliphatic carbocycles. The van der Waals surface area contributed by atoms with E-state index in [-0.39, 0.29) is 0 Å². The minimum Gasteiger partial charge on any atom is -0.198 e. The molecule has 1 aliphatic rings. The van der Waals surface area contributed by atoms with Crippen molar-refractivity contribution in [2.75, 3.05) is 0 Å². The van der Waals surface area contributed by atoms with Crippen molar-refractivity contribution in [1.82, 2.24) is 0 Å². The Kier molecular flexibility index (Phi) is 2.79. The first-order valence-electron chi connectivity index (χ1n) is 4.09. The fraction of sp³-hybridized carbons (Fsp3) is 0.889. The number of hydrogen-bond acceptors (Lipinski definition) is 1. The van der Waals surface area contributed by atoms with E-state index in [9.17, 15) is 0 Å². The summed E-state index contributed by atoms with van der Waals surface area (Å²) in [5, 5.41) is 8.78. The van der Waals surface area contributed by atoms with Crippen LogP contribution in [0.2, 0.25) is 0 Å². The van der Waals surface area contributed by atoms with Crippen LogP contribution in [0, 0.1) is 22.7 Å². The highest BCUT2D eigenvalue weighted by molar-refractivity contribution is 14.1. The van der Waals surface area contributed by atoms with Crippen molar-refractivity contribution in [2.45, 2.75) is 37.0 Å². The van der Waals surface area contributed by atoms with Gasteiger partial charge in [0.1, 0.15) is 0 Å². The van der Waals surface area contributed by atoms with Crippen molar-refractivity contribution in [3.63, 3.8) is 0 Å². The maximum Gasteiger partial charge on any atom is 0.0666 e. The van der Waals surface area contributed by atoms with Crippen LogP contribution in [0.3, 0.4) is 0 Å². The molecular formula is C9H14IN. The van der Waals surface area contributed by atoms with Gasteiger partial charge in [0.2, 0.25) is 0 Å². The predicted molar refractivity (Wildman–Crippen MR) is 54.5 cm³/mol. The van der Waals surface area contributed by atoms with Crippen LogP contribution >= 0.6 is 22.6 Å². The molecule has 0 N–H and O–H groups in total. The molecule has 1 rings (SSSR count). The maximum atomic E-state index is 8.78. The fourth-order valence-electron chi connectivity index (χ4n) is 1.64. The largest absolute Gasteiger partial charge is 0.198 e. The van der Waals surface area contributed by atoms with E-state index in [0.717, 1.165) is 6.42 Å². The lowest BCUT2D eigenvalue weighted by atomic mass is 9.73. The maximum absolute atomic E-state index is 8.78. The summed E-state index contributed by atoms with van der Waals surface area (Å²) in [7, 11) is 0. The minimum absolute atomic E-state index is 0.309. The molecule has 0 aromatic carbocycles. The Morgan fingerprint density at radius 1 is 1.55 bits per heavy atom. The lowest BCUT2D eigenvalue weighted by molar-refractivity contribution is 0.229. The smallest absolute Gasteiger partial charge is 0.0666 e. The van der Waals surface area contributed by atoms with Crippen molar-refractivity contribution >= 4 is 22.6 Å². The summed E-state index contributed by atoms with van der Waals surface area (Å²) in [5.41, 5.74) is 0.471. The van der Waals surface area contributed by atoms with Crippen LogP contribution < -0.4 is 0 Å². The minimum atomic E-state index is 0.309. The van der Waals surface area contributed by atoms with E-state index in [0.29, 0.717) is 15.3 Å². The number of nitriles is 1. The number of halogens is 1. The van der Waals surface area contributed by atoms with Crippen LogP contribution in [-0.4, -0.2) is 3.92 Å². The summed E-state index contributed by atoms with van der Waals surface area (Å²) in [6.45, 7) is 4.60. The van der Waals surface area contributed by atoms with E-state index in [4.69, 9.17) is 5.26 Å². The lowest BCUT2D eigenvalue weighted by Gasteiger charge is -2.35. The van der Waals surface area contributed by atoms with Gasteiger partial charge < -0.3 is 0 Å². The van der Waals surface area contributed by atoms with Crippen molar-refractivity contribution < 1.29 is 0 Å². The second-order valence-electron chi connectivity index (χ2n) is 4.16. The van der Waals surface area contributed by atoms with Crippen LogP contribution in [0.1, 0.15) is 33.1 Å². The molecule has 0 aromatic heterocycles. The Hall–Kier alpha value is 0.220. The molecule has 0 saturated heterocycles. The molecule has 2 atom stereocenters. The molecule has 11 heavy (non-hydrogen) atoms. The Morgan fingerprint density at radius 2 is 2.18 bits per heavy atom.